The van der Waals surface area contributed by atoms with Crippen LogP contribution in [-0.4, -0.2) is 55.8 Å². The molecule has 1 N–H and O–H groups in total. The number of fused-ring (bicyclic) bond motifs is 1. The van der Waals surface area contributed by atoms with Crippen LogP contribution in [0.2, 0.25) is 0 Å². The summed E-state index contributed by atoms with van der Waals surface area (Å²) in [6.45, 7) is 0.139. The summed E-state index contributed by atoms with van der Waals surface area (Å²) >= 11 is 0. The van der Waals surface area contributed by atoms with E-state index in [1.54, 1.807) is 37.4 Å². The SMILES string of the molecule is COC(=O)c1ccc(C=C(COc2cccc3ccccc23)C(=O)N(C)CCO)cc1. The molecule has 0 fully saturated rings. The number of hydrogen-bond acceptors (Lipinski definition) is 5. The largest absolute Gasteiger partial charge is 0.488 e. The molecule has 3 aromatic carbocycles. The van der Waals surface area contributed by atoms with E-state index < -0.39 is 5.97 Å². The number of ether oxygens (including phenoxy) is 2. The lowest BCUT2D eigenvalue weighted by Gasteiger charge is -2.19. The zero-order valence-corrected chi connectivity index (χ0v) is 17.6. The maximum atomic E-state index is 12.9. The minimum absolute atomic E-state index is 0.0569. The maximum Gasteiger partial charge on any atom is 0.337 e. The highest BCUT2D eigenvalue weighted by atomic mass is 16.5. The van der Waals surface area contributed by atoms with E-state index in [0.717, 1.165) is 16.3 Å². The lowest BCUT2D eigenvalue weighted by molar-refractivity contribution is -0.126. The number of likely N-dealkylation sites (N-methyl/N-ethyl adjacent to an activating group) is 1. The maximum absolute atomic E-state index is 12.9. The fourth-order valence-corrected chi connectivity index (χ4v) is 3.17. The predicted molar refractivity (Wildman–Crippen MR) is 120 cm³/mol. The first-order valence-corrected chi connectivity index (χ1v) is 9.89. The quantitative estimate of drug-likeness (QED) is 0.446. The zero-order chi connectivity index (χ0) is 22.2. The van der Waals surface area contributed by atoms with Crippen LogP contribution in [0.5, 0.6) is 5.75 Å². The van der Waals surface area contributed by atoms with E-state index >= 15 is 0 Å². The standard InChI is InChI=1S/C25H25NO5/c1-26(14-15-27)24(28)21(16-18-10-12-20(13-11-18)25(29)30-2)17-31-23-9-5-7-19-6-3-4-8-22(19)23/h3-13,16,27H,14-15,17H2,1-2H3. The fourth-order valence-electron chi connectivity index (χ4n) is 3.17. The molecule has 3 rings (SSSR count). The molecule has 0 bridgehead atoms. The Morgan fingerprint density at radius 3 is 2.42 bits per heavy atom. The first kappa shape index (κ1) is 22.1. The minimum Gasteiger partial charge on any atom is -0.488 e. The van der Waals surface area contributed by atoms with Gasteiger partial charge in [-0.15, -0.1) is 0 Å². The molecule has 0 saturated heterocycles. The van der Waals surface area contributed by atoms with Crippen molar-refractivity contribution in [2.24, 2.45) is 0 Å². The Hall–Kier alpha value is -3.64. The average Bonchev–Trinajstić information content (AvgIpc) is 2.81. The van der Waals surface area contributed by atoms with Crippen LogP contribution in [0.25, 0.3) is 16.8 Å². The molecule has 0 aliphatic carbocycles. The van der Waals surface area contributed by atoms with Gasteiger partial charge >= 0.3 is 5.97 Å². The number of amides is 1. The number of carbonyl (C=O) groups is 2. The van der Waals surface area contributed by atoms with Gasteiger partial charge in [-0.25, -0.2) is 4.79 Å². The van der Waals surface area contributed by atoms with Gasteiger partial charge in [-0.2, -0.15) is 0 Å². The monoisotopic (exact) mass is 419 g/mol. The van der Waals surface area contributed by atoms with E-state index in [4.69, 9.17) is 9.47 Å². The Labute approximate surface area is 181 Å². The van der Waals surface area contributed by atoms with Gasteiger partial charge in [-0.1, -0.05) is 48.5 Å². The van der Waals surface area contributed by atoms with Crippen molar-refractivity contribution in [2.75, 3.05) is 33.9 Å². The molecule has 6 nitrogen and oxygen atoms in total. The fraction of sp³-hybridized carbons (Fsp3) is 0.200. The van der Waals surface area contributed by atoms with Gasteiger partial charge in [0.2, 0.25) is 0 Å². The van der Waals surface area contributed by atoms with Crippen LogP contribution in [0.15, 0.2) is 72.3 Å². The minimum atomic E-state index is -0.422. The van der Waals surface area contributed by atoms with Crippen molar-refractivity contribution in [1.29, 1.82) is 0 Å². The van der Waals surface area contributed by atoms with E-state index in [9.17, 15) is 14.7 Å². The molecule has 6 heteroatoms. The lowest BCUT2D eigenvalue weighted by Crippen LogP contribution is -2.32. The third-order valence-corrected chi connectivity index (χ3v) is 4.86. The van der Waals surface area contributed by atoms with Gasteiger partial charge in [0.05, 0.1) is 24.9 Å². The van der Waals surface area contributed by atoms with Crippen molar-refractivity contribution in [3.8, 4) is 5.75 Å². The highest BCUT2D eigenvalue weighted by Crippen LogP contribution is 2.26. The summed E-state index contributed by atoms with van der Waals surface area (Å²) in [5.74, 6) is 0.0165. The van der Waals surface area contributed by atoms with E-state index in [1.807, 2.05) is 42.5 Å². The van der Waals surface area contributed by atoms with E-state index in [0.29, 0.717) is 16.9 Å². The van der Waals surface area contributed by atoms with Gasteiger partial charge < -0.3 is 19.5 Å². The van der Waals surface area contributed by atoms with Crippen molar-refractivity contribution >= 4 is 28.7 Å². The van der Waals surface area contributed by atoms with Gasteiger partial charge in [-0.05, 0) is 35.2 Å². The molecule has 1 amide bonds. The second kappa shape index (κ2) is 10.4. The summed E-state index contributed by atoms with van der Waals surface area (Å²) in [6.07, 6.45) is 1.72. The molecule has 0 atom stereocenters. The number of rotatable bonds is 8. The first-order valence-electron chi connectivity index (χ1n) is 9.89. The Bertz CT molecular complexity index is 1080. The highest BCUT2D eigenvalue weighted by Gasteiger charge is 2.16. The normalized spacial score (nSPS) is 11.3. The first-order chi connectivity index (χ1) is 15.0. The van der Waals surface area contributed by atoms with Crippen molar-refractivity contribution < 1.29 is 24.2 Å². The molecule has 0 saturated carbocycles. The molecule has 31 heavy (non-hydrogen) atoms. The Morgan fingerprint density at radius 2 is 1.71 bits per heavy atom. The van der Waals surface area contributed by atoms with Crippen LogP contribution >= 0.6 is 0 Å². The molecule has 0 spiro atoms. The summed E-state index contributed by atoms with van der Waals surface area (Å²) in [5.41, 5.74) is 1.60. The zero-order valence-electron chi connectivity index (χ0n) is 17.6. The molecule has 0 aliphatic heterocycles. The Kier molecular flexibility index (Phi) is 7.40. The topological polar surface area (TPSA) is 76.1 Å². The summed E-state index contributed by atoms with van der Waals surface area (Å²) in [5, 5.41) is 11.2. The van der Waals surface area contributed by atoms with Crippen LogP contribution in [0, 0.1) is 0 Å². The molecular weight excluding hydrogens is 394 g/mol. The van der Waals surface area contributed by atoms with Crippen LogP contribution in [-0.2, 0) is 9.53 Å². The predicted octanol–water partition coefficient (Wildman–Crippen LogP) is 3.54. The van der Waals surface area contributed by atoms with Crippen LogP contribution in [0.4, 0.5) is 0 Å². The smallest absolute Gasteiger partial charge is 0.337 e. The van der Waals surface area contributed by atoms with Gasteiger partial charge in [-0.3, -0.25) is 4.79 Å². The second-order valence-electron chi connectivity index (χ2n) is 7.00. The lowest BCUT2D eigenvalue weighted by atomic mass is 10.1. The Balaban J connectivity index is 1.88. The molecule has 0 radical (unpaired) electrons. The number of methoxy groups -OCH3 is 1. The number of benzene rings is 3. The number of aliphatic hydroxyl groups is 1. The third kappa shape index (κ3) is 5.49. The molecule has 0 unspecified atom stereocenters. The number of aliphatic hydroxyl groups excluding tert-OH is 1. The van der Waals surface area contributed by atoms with Gasteiger partial charge in [0.15, 0.2) is 0 Å². The van der Waals surface area contributed by atoms with Crippen LogP contribution in [0.1, 0.15) is 15.9 Å². The third-order valence-electron chi connectivity index (χ3n) is 4.86. The van der Waals surface area contributed by atoms with Gasteiger partial charge in [0.1, 0.15) is 12.4 Å². The second-order valence-corrected chi connectivity index (χ2v) is 7.00. The number of hydrogen-bond donors (Lipinski definition) is 1. The van der Waals surface area contributed by atoms with E-state index in [1.165, 1.54) is 12.0 Å². The van der Waals surface area contributed by atoms with Crippen molar-refractivity contribution in [3.05, 3.63) is 83.4 Å². The van der Waals surface area contributed by atoms with Crippen molar-refractivity contribution in [2.45, 2.75) is 0 Å². The summed E-state index contributed by atoms with van der Waals surface area (Å²) in [7, 11) is 2.96. The Morgan fingerprint density at radius 1 is 1.00 bits per heavy atom. The molecule has 0 aliphatic rings. The molecule has 160 valence electrons. The van der Waals surface area contributed by atoms with Crippen LogP contribution < -0.4 is 4.74 Å². The molecule has 0 heterocycles. The van der Waals surface area contributed by atoms with Gasteiger partial charge in [0, 0.05) is 19.0 Å². The number of carbonyl (C=O) groups excluding carboxylic acids is 2. The molecular formula is C25H25NO5. The van der Waals surface area contributed by atoms with Gasteiger partial charge in [0.25, 0.3) is 5.91 Å². The summed E-state index contributed by atoms with van der Waals surface area (Å²) in [4.78, 5) is 26.0. The van der Waals surface area contributed by atoms with Crippen molar-refractivity contribution in [3.63, 3.8) is 0 Å². The number of esters is 1. The summed E-state index contributed by atoms with van der Waals surface area (Å²) < 4.78 is 10.7. The average molecular weight is 419 g/mol. The molecule has 3 aromatic rings. The molecule has 0 aromatic heterocycles. The van der Waals surface area contributed by atoms with Crippen molar-refractivity contribution in [1.82, 2.24) is 4.90 Å². The van der Waals surface area contributed by atoms with E-state index in [2.05, 4.69) is 0 Å². The highest BCUT2D eigenvalue weighted by molar-refractivity contribution is 5.98. The summed E-state index contributed by atoms with van der Waals surface area (Å²) in [6, 6.07) is 20.4. The number of nitrogens with zero attached hydrogens (tertiary/aromatic N) is 1. The van der Waals surface area contributed by atoms with Crippen LogP contribution in [0.3, 0.4) is 0 Å². The van der Waals surface area contributed by atoms with E-state index in [-0.39, 0.29) is 25.7 Å².